The number of piperazine rings is 1. The minimum Gasteiger partial charge on any atom is -0.492 e. The molecule has 19 nitrogen and oxygen atoms in total. The van der Waals surface area contributed by atoms with Crippen LogP contribution in [0.5, 0.6) is 11.5 Å². The van der Waals surface area contributed by atoms with E-state index in [-0.39, 0.29) is 148 Å². The predicted molar refractivity (Wildman–Crippen MR) is 325 cm³/mol. The zero-order chi connectivity index (χ0) is 62.5. The van der Waals surface area contributed by atoms with Crippen molar-refractivity contribution in [2.45, 2.75) is 155 Å². The number of aliphatic hydroxyl groups is 2. The highest BCUT2D eigenvalue weighted by Gasteiger charge is 2.68. The quantitative estimate of drug-likeness (QED) is 0.0960. The molecule has 3 saturated heterocycles. The number of fused-ring (bicyclic) bond motifs is 8. The van der Waals surface area contributed by atoms with Crippen molar-refractivity contribution in [2.24, 2.45) is 34.5 Å². The monoisotopic (exact) mass is 1220 g/mol. The number of likely N-dealkylation sites (tertiary alicyclic amines) is 1. The molecule has 0 amide bonds. The van der Waals surface area contributed by atoms with Crippen molar-refractivity contribution in [2.75, 3.05) is 83.4 Å². The van der Waals surface area contributed by atoms with Gasteiger partial charge in [0, 0.05) is 103 Å². The number of carbonyl (C=O) groups excluding carboxylic acids is 3. The van der Waals surface area contributed by atoms with Gasteiger partial charge in [-0.15, -0.1) is 0 Å². The van der Waals surface area contributed by atoms with Crippen molar-refractivity contribution in [3.8, 4) is 11.5 Å². The number of pyridine rings is 2. The highest BCUT2D eigenvalue weighted by Crippen LogP contribution is 2.67. The molecule has 0 radical (unpaired) electrons. The van der Waals surface area contributed by atoms with Gasteiger partial charge in [-0.2, -0.15) is 0 Å². The molecule has 0 spiro atoms. The number of aryl methyl sites for hydroxylation is 2. The van der Waals surface area contributed by atoms with E-state index in [1.54, 1.807) is 32.9 Å². The number of hydrogen-bond acceptors (Lipinski definition) is 16. The van der Waals surface area contributed by atoms with Gasteiger partial charge in [-0.1, -0.05) is 25.5 Å². The summed E-state index contributed by atoms with van der Waals surface area (Å²) in [7, 11) is 2.88. The van der Waals surface area contributed by atoms with Crippen molar-refractivity contribution >= 4 is 56.7 Å². The molecule has 88 heavy (non-hydrogen) atoms. The van der Waals surface area contributed by atoms with E-state index < -0.39 is 62.7 Å². The van der Waals surface area contributed by atoms with Crippen molar-refractivity contribution in [1.29, 1.82) is 0 Å². The third-order valence-electron chi connectivity index (χ3n) is 22.9. The first-order valence-corrected chi connectivity index (χ1v) is 31.6. The Kier molecular flexibility index (Phi) is 15.0. The van der Waals surface area contributed by atoms with Gasteiger partial charge in [0.1, 0.15) is 41.4 Å². The molecular formula is C67H82F2N6O13. The van der Waals surface area contributed by atoms with E-state index in [0.29, 0.717) is 62.4 Å². The highest BCUT2D eigenvalue weighted by molar-refractivity contribution is 6.03. The molecule has 8 fully saturated rings. The molecule has 2 aromatic heterocycles. The maximum absolute atomic E-state index is 17.4. The second-order valence-electron chi connectivity index (χ2n) is 27.5. The summed E-state index contributed by atoms with van der Waals surface area (Å²) in [4.78, 5) is 90.2. The highest BCUT2D eigenvalue weighted by atomic mass is 19.1. The average Bonchev–Trinajstić information content (AvgIpc) is 1.42. The smallest absolute Gasteiger partial charge is 0.345 e. The fraction of sp³-hybridized carbons (Fsp3) is 0.612. The fourth-order valence-corrected chi connectivity index (χ4v) is 18.2. The summed E-state index contributed by atoms with van der Waals surface area (Å²) < 4.78 is 62.5. The summed E-state index contributed by atoms with van der Waals surface area (Å²) in [6.45, 7) is 14.5. The predicted octanol–water partition coefficient (Wildman–Crippen LogP) is 7.99. The van der Waals surface area contributed by atoms with Gasteiger partial charge in [-0.3, -0.25) is 29.0 Å². The van der Waals surface area contributed by atoms with E-state index in [0.717, 1.165) is 56.9 Å². The van der Waals surface area contributed by atoms with Crippen molar-refractivity contribution in [1.82, 2.24) is 18.9 Å². The minimum atomic E-state index is -1.69. The number of piperidine rings is 1. The second kappa shape index (κ2) is 21.9. The maximum Gasteiger partial charge on any atom is 0.345 e. The van der Waals surface area contributed by atoms with Gasteiger partial charge in [-0.25, -0.2) is 18.4 Å². The normalized spacial score (nSPS) is 30.5. The molecule has 5 heterocycles. The van der Waals surface area contributed by atoms with Gasteiger partial charge in [0.05, 0.1) is 48.9 Å². The van der Waals surface area contributed by atoms with Crippen molar-refractivity contribution in [3.05, 3.63) is 89.5 Å². The Morgan fingerprint density at radius 3 is 1.97 bits per heavy atom. The Morgan fingerprint density at radius 2 is 1.36 bits per heavy atom. The van der Waals surface area contributed by atoms with Crippen molar-refractivity contribution < 1.29 is 62.2 Å². The zero-order valence-corrected chi connectivity index (χ0v) is 51.9. The number of methoxy groups -OCH3 is 2. The first kappa shape index (κ1) is 60.4. The molecule has 13 rings (SSSR count). The number of ketones is 2. The van der Waals surface area contributed by atoms with Crippen molar-refractivity contribution in [3.63, 3.8) is 0 Å². The number of halogens is 2. The lowest BCUT2D eigenvalue weighted by Crippen LogP contribution is -2.61. The van der Waals surface area contributed by atoms with Crippen LogP contribution in [-0.2, 0) is 19.1 Å². The maximum atomic E-state index is 17.4. The Hall–Kier alpha value is -6.52. The molecule has 3 unspecified atom stereocenters. The average molecular weight is 1220 g/mol. The molecule has 5 saturated carbocycles. The van der Waals surface area contributed by atoms with Crippen LogP contribution >= 0.6 is 0 Å². The molecule has 2 aromatic carbocycles. The number of esters is 1. The Balaban J connectivity index is 0.701. The number of aromatic carboxylic acids is 1. The van der Waals surface area contributed by atoms with Gasteiger partial charge < -0.3 is 53.2 Å². The third-order valence-corrected chi connectivity index (χ3v) is 22.9. The third kappa shape index (κ3) is 9.06. The number of carboxylic acids is 1. The van der Waals surface area contributed by atoms with Crippen LogP contribution < -0.4 is 30.1 Å². The van der Waals surface area contributed by atoms with Gasteiger partial charge in [-0.05, 0) is 135 Å². The first-order valence-electron chi connectivity index (χ1n) is 31.6. The second-order valence-corrected chi connectivity index (χ2v) is 27.5. The van der Waals surface area contributed by atoms with E-state index in [1.807, 2.05) is 43.8 Å². The zero-order valence-electron chi connectivity index (χ0n) is 51.9. The summed E-state index contributed by atoms with van der Waals surface area (Å²) >= 11 is 0. The molecular weight excluding hydrogens is 1130 g/mol. The lowest BCUT2D eigenvalue weighted by Gasteiger charge is -2.59. The number of Topliss-reactive ketones (excluding diaryl/α,β-unsaturated/α-hetero) is 1. The lowest BCUT2D eigenvalue weighted by atomic mass is 9.46. The lowest BCUT2D eigenvalue weighted by molar-refractivity contribution is -0.180. The number of hydrogen-bond donors (Lipinski definition) is 3. The number of carbonyl (C=O) groups is 4. The van der Waals surface area contributed by atoms with Crippen LogP contribution in [0.2, 0.25) is 0 Å². The molecule has 3 N–H and O–H groups in total. The number of benzene rings is 2. The van der Waals surface area contributed by atoms with Gasteiger partial charge in [0.15, 0.2) is 34.7 Å². The van der Waals surface area contributed by atoms with E-state index in [2.05, 4.69) is 11.8 Å². The number of carboxylic acid groups (broad SMARTS) is 1. The largest absolute Gasteiger partial charge is 0.492 e. The summed E-state index contributed by atoms with van der Waals surface area (Å²) in [5, 5.41) is 34.4. The number of allylic oxidation sites excluding steroid dienone is 4. The van der Waals surface area contributed by atoms with Crippen LogP contribution in [0.1, 0.15) is 147 Å². The molecule has 3 aliphatic heterocycles. The molecule has 4 aromatic rings. The number of aromatic nitrogens is 2. The number of ether oxygens (including phenoxy) is 4. The van der Waals surface area contributed by atoms with Gasteiger partial charge in [0.25, 0.3) is 0 Å². The number of rotatable bonds is 15. The summed E-state index contributed by atoms with van der Waals surface area (Å²) in [5.74, 6) is -3.64. The molecule has 6 aliphatic carbocycles. The molecule has 0 bridgehead atoms. The summed E-state index contributed by atoms with van der Waals surface area (Å²) in [6.07, 6.45) is 11.8. The summed E-state index contributed by atoms with van der Waals surface area (Å²) in [5.41, 5.74) is -2.00. The van der Waals surface area contributed by atoms with Gasteiger partial charge in [0.2, 0.25) is 10.9 Å². The van der Waals surface area contributed by atoms with Gasteiger partial charge >= 0.3 is 11.9 Å². The number of anilines is 2. The number of nitrogens with zero attached hydrogens (tertiary/aromatic N) is 6. The SMILES string of the molecule is COc1c(N2CC3CCCN(COC(=O)c4c(C)n(C5CC5)c5c(OC)c(N6CCN(COCC(=O)[C@@]7(O)CC[C@H]8[C@@H]9CCC%10=CC(=O)C=C[C@]%10(C)[C@H]9[C@@H](O)C[C@@]87C)C(C)C6)c(F)c(C)c5c4=O)C3C2)c(F)c(C)c2c(=O)c(C(=O)O)c(C)n(C3CC3)c12. The van der Waals surface area contributed by atoms with E-state index >= 15 is 8.78 Å². The molecule has 21 heteroatoms. The van der Waals surface area contributed by atoms with E-state index in [4.69, 9.17) is 18.9 Å². The molecule has 9 aliphatic rings. The van der Waals surface area contributed by atoms with Crippen LogP contribution in [0.25, 0.3) is 21.8 Å². The fourth-order valence-electron chi connectivity index (χ4n) is 18.2. The Labute approximate surface area is 509 Å². The van der Waals surface area contributed by atoms with Crippen LogP contribution in [0.4, 0.5) is 20.2 Å². The van der Waals surface area contributed by atoms with Crippen LogP contribution in [0, 0.1) is 73.8 Å². The Bertz CT molecular complexity index is 3850. The van der Waals surface area contributed by atoms with E-state index in [9.17, 15) is 44.1 Å². The first-order chi connectivity index (χ1) is 41.9. The number of aliphatic hydroxyl groups excluding tert-OH is 1. The van der Waals surface area contributed by atoms with E-state index in [1.165, 1.54) is 21.1 Å². The van der Waals surface area contributed by atoms with Crippen LogP contribution in [-0.4, -0.2) is 155 Å². The topological polar surface area (TPSA) is 223 Å². The minimum absolute atomic E-state index is 0.00798. The molecule has 10 atom stereocenters. The Morgan fingerprint density at radius 1 is 0.750 bits per heavy atom. The van der Waals surface area contributed by atoms with Crippen LogP contribution in [0.3, 0.4) is 0 Å². The van der Waals surface area contributed by atoms with Crippen LogP contribution in [0.15, 0.2) is 33.4 Å². The standard InChI is InChI=1S/C67H82F2N6O13/c1-33-27-70(23-24-71(33)31-87-30-47(78)67(84)21-19-44-43-17-12-39-25-42(76)18-20-65(39,6)52(43)46(77)26-66(44,67)7)57-53(68)35(3)49-56(61(57)85-8)75(41-15-16-41)37(5)51(60(49)80)64(83)88-32-72-22-10-11-38-28-73(29-45(38)72)58-54(69)34(2)48-55(62(58)86-9)74(40-13-14-40)36(4)50(59(48)79)63(81)82/h18,20,25,33,38,40-41,43-46,52,77,84H,10-17,19,21-24,26-32H2,1-9H3,(H,81,82)/t33?,38?,43-,44-,45?,46-,52+,65-,66-,67-/m0/s1. The molecule has 472 valence electrons. The summed E-state index contributed by atoms with van der Waals surface area (Å²) in [6, 6.07) is -0.564.